The molecule has 13 N–H and O–H groups in total. The van der Waals surface area contributed by atoms with Gasteiger partial charge in [0.05, 0.1) is 44.2 Å². The molecule has 4 saturated heterocycles. The first kappa shape index (κ1) is 59.7. The second-order valence-corrected chi connectivity index (χ2v) is 24.8. The second-order valence-electron chi connectivity index (χ2n) is 24.8. The average molecular weight is 1080 g/mol. The molecule has 4 aliphatic heterocycles. The van der Waals surface area contributed by atoms with Crippen LogP contribution in [0.15, 0.2) is 11.6 Å². The van der Waals surface area contributed by atoms with Gasteiger partial charge >= 0.3 is 0 Å². The van der Waals surface area contributed by atoms with Crippen molar-refractivity contribution in [3.63, 3.8) is 0 Å². The molecule has 0 spiro atoms. The summed E-state index contributed by atoms with van der Waals surface area (Å²) in [4.78, 5) is 14.2. The summed E-state index contributed by atoms with van der Waals surface area (Å²) < 4.78 is 48.9. The maximum Gasteiger partial charge on any atom is 0.187 e. The number of fused-ring (bicyclic) bond motifs is 5. The van der Waals surface area contributed by atoms with Gasteiger partial charge in [0.2, 0.25) is 0 Å². The van der Waals surface area contributed by atoms with E-state index in [0.717, 1.165) is 24.8 Å². The number of rotatable bonds is 16. The van der Waals surface area contributed by atoms with Crippen molar-refractivity contribution in [3.8, 4) is 0 Å². The molecular formula is C53H88O22. The van der Waals surface area contributed by atoms with Crippen LogP contribution in [0.4, 0.5) is 0 Å². The van der Waals surface area contributed by atoms with E-state index >= 15 is 0 Å². The van der Waals surface area contributed by atoms with Crippen molar-refractivity contribution in [2.75, 3.05) is 26.4 Å². The Balaban J connectivity index is 1.03. The Kier molecular flexibility index (Phi) is 18.2. The van der Waals surface area contributed by atoms with Crippen molar-refractivity contribution < 1.29 is 109 Å². The van der Waals surface area contributed by atoms with Gasteiger partial charge in [-0.3, -0.25) is 0 Å². The van der Waals surface area contributed by atoms with Crippen LogP contribution < -0.4 is 0 Å². The number of aliphatic hydroxyl groups excluding tert-OH is 12. The monoisotopic (exact) mass is 1080 g/mol. The van der Waals surface area contributed by atoms with Gasteiger partial charge in [-0.25, -0.2) is 0 Å². The third-order valence-electron chi connectivity index (χ3n) is 20.3. The highest BCUT2D eigenvalue weighted by atomic mass is 16.8. The van der Waals surface area contributed by atoms with Crippen molar-refractivity contribution >= 4 is 6.29 Å². The van der Waals surface area contributed by atoms with Crippen molar-refractivity contribution in [1.29, 1.82) is 0 Å². The second kappa shape index (κ2) is 22.8. The predicted octanol–water partition coefficient (Wildman–Crippen LogP) is -1.36. The van der Waals surface area contributed by atoms with Crippen molar-refractivity contribution in [1.82, 2.24) is 0 Å². The van der Waals surface area contributed by atoms with Gasteiger partial charge in [0.15, 0.2) is 25.2 Å². The number of hydrogen-bond acceptors (Lipinski definition) is 22. The Labute approximate surface area is 438 Å². The highest BCUT2D eigenvalue weighted by Gasteiger charge is 2.71. The molecule has 0 aromatic rings. The summed E-state index contributed by atoms with van der Waals surface area (Å²) in [5, 5.41) is 140. The van der Waals surface area contributed by atoms with Crippen molar-refractivity contribution in [3.05, 3.63) is 11.6 Å². The van der Waals surface area contributed by atoms with Crippen LogP contribution in [-0.2, 0) is 42.7 Å². The molecule has 4 aliphatic carbocycles. The summed E-state index contributed by atoms with van der Waals surface area (Å²) in [6.07, 6.45) is -20.7. The number of carbonyl (C=O) groups excluding carboxylic acids is 1. The normalized spacial score (nSPS) is 51.7. The summed E-state index contributed by atoms with van der Waals surface area (Å²) in [7, 11) is 0. The van der Waals surface area contributed by atoms with Crippen LogP contribution in [0, 0.1) is 45.3 Å². The molecule has 75 heavy (non-hydrogen) atoms. The first-order chi connectivity index (χ1) is 35.2. The number of aliphatic hydroxyl groups is 13. The van der Waals surface area contributed by atoms with Gasteiger partial charge in [-0.15, -0.1) is 0 Å². The van der Waals surface area contributed by atoms with Gasteiger partial charge < -0.3 is 109 Å². The topological polar surface area (TPSA) is 354 Å². The number of carbonyl (C=O) groups is 1. The van der Waals surface area contributed by atoms with Crippen LogP contribution in [0.1, 0.15) is 113 Å². The lowest BCUT2D eigenvalue weighted by Crippen LogP contribution is -2.67. The average Bonchev–Trinajstić information content (AvgIpc) is 3.75. The van der Waals surface area contributed by atoms with Crippen LogP contribution in [0.25, 0.3) is 0 Å². The summed E-state index contributed by atoms with van der Waals surface area (Å²) in [6.45, 7) is 12.2. The first-order valence-electron chi connectivity index (χ1n) is 27.3. The predicted molar refractivity (Wildman–Crippen MR) is 259 cm³/mol. The lowest BCUT2D eigenvalue weighted by atomic mass is 9.35. The quantitative estimate of drug-likeness (QED) is 0.0483. The highest BCUT2D eigenvalue weighted by Crippen LogP contribution is 2.76. The fraction of sp³-hybridized carbons (Fsp3) is 0.943. The molecule has 432 valence electrons. The molecule has 0 amide bonds. The van der Waals surface area contributed by atoms with Gasteiger partial charge in [0.25, 0.3) is 0 Å². The molecule has 28 atom stereocenters. The van der Waals surface area contributed by atoms with Gasteiger partial charge in [0.1, 0.15) is 91.7 Å². The van der Waals surface area contributed by atoms with E-state index in [4.69, 9.17) is 37.9 Å². The van der Waals surface area contributed by atoms with Crippen molar-refractivity contribution in [2.45, 2.75) is 241 Å². The Morgan fingerprint density at radius 3 is 1.81 bits per heavy atom. The smallest absolute Gasteiger partial charge is 0.187 e. The van der Waals surface area contributed by atoms with E-state index in [1.807, 2.05) is 13.8 Å². The molecule has 0 aromatic heterocycles. The van der Waals surface area contributed by atoms with Gasteiger partial charge in [0, 0.05) is 5.41 Å². The lowest BCUT2D eigenvalue weighted by Gasteiger charge is -2.69. The van der Waals surface area contributed by atoms with Crippen molar-refractivity contribution in [2.24, 2.45) is 45.3 Å². The maximum absolute atomic E-state index is 14.2. The zero-order valence-corrected chi connectivity index (χ0v) is 44.4. The third-order valence-corrected chi connectivity index (χ3v) is 20.3. The largest absolute Gasteiger partial charge is 0.394 e. The van der Waals surface area contributed by atoms with E-state index in [-0.39, 0.29) is 41.1 Å². The third kappa shape index (κ3) is 10.5. The van der Waals surface area contributed by atoms with Crippen LogP contribution in [0.2, 0.25) is 0 Å². The Morgan fingerprint density at radius 1 is 0.627 bits per heavy atom. The number of allylic oxidation sites excluding steroid dienone is 2. The minimum atomic E-state index is -1.86. The van der Waals surface area contributed by atoms with E-state index in [9.17, 15) is 71.2 Å². The molecule has 22 heteroatoms. The van der Waals surface area contributed by atoms with Crippen LogP contribution in [-0.4, -0.2) is 228 Å². The van der Waals surface area contributed by atoms with E-state index in [1.54, 1.807) is 0 Å². The zero-order chi connectivity index (χ0) is 54.9. The van der Waals surface area contributed by atoms with E-state index < -0.39 is 159 Å². The van der Waals surface area contributed by atoms with Crippen LogP contribution in [0.3, 0.4) is 0 Å². The molecule has 8 rings (SSSR count). The molecule has 4 saturated carbocycles. The minimum Gasteiger partial charge on any atom is -0.394 e. The number of ether oxygens (including phenoxy) is 8. The number of aldehydes is 1. The molecule has 0 bridgehead atoms. The fourth-order valence-electron chi connectivity index (χ4n) is 15.7. The molecule has 8 aliphatic rings. The summed E-state index contributed by atoms with van der Waals surface area (Å²) in [5.41, 5.74) is -2.48. The Bertz CT molecular complexity index is 1960. The molecule has 0 aromatic carbocycles. The SMILES string of the molecule is CC(C)=CCCC(O)(CO[C@@H]1O[C@H](CO)[C@@H](O)[C@H](O)[C@H]1O)C1CCC2(C)C1CCC1C3(C=O)CCC(O[C@@H]4OC[C@H](O)[C@H](O[C@@H]5O[C@H](CO)[C@@H](O)[C@H](O)[C@H]5O)[C@H]4O[C@@H]4O[C@@H](C)[C@@H](O)[C@@H](O)[C@H]4O)C(C)(C)C3CCC12C. The van der Waals surface area contributed by atoms with E-state index in [0.29, 0.717) is 44.9 Å². The maximum atomic E-state index is 14.2. The first-order valence-corrected chi connectivity index (χ1v) is 27.3. The summed E-state index contributed by atoms with van der Waals surface area (Å²) >= 11 is 0. The van der Waals surface area contributed by atoms with E-state index in [2.05, 4.69) is 33.8 Å². The van der Waals surface area contributed by atoms with Gasteiger partial charge in [-0.2, -0.15) is 0 Å². The number of hydrogen-bond donors (Lipinski definition) is 13. The van der Waals surface area contributed by atoms with Crippen LogP contribution in [0.5, 0.6) is 0 Å². The summed E-state index contributed by atoms with van der Waals surface area (Å²) in [5.74, 6) is -0.460. The summed E-state index contributed by atoms with van der Waals surface area (Å²) in [6, 6.07) is 0. The molecule has 0 radical (unpaired) electrons. The Hall–Kier alpha value is -1.43. The molecule has 8 fully saturated rings. The minimum absolute atomic E-state index is 0.0229. The molecule has 4 heterocycles. The van der Waals surface area contributed by atoms with Gasteiger partial charge in [-0.1, -0.05) is 39.3 Å². The standard InChI is InChI=1S/C53H88O22/c1-24(2)9-8-15-53(67,23-69-45-40(64)38(62)35(59)29(19-54)71-45)27-12-16-50(6)26(27)10-11-32-51(50,7)17-13-31-49(4,5)33(14-18-52(31,32)22-56)73-48-44(75-46-41(65)37(61)34(58)25(3)70-46)43(28(57)21-68-48)74-47-42(66)39(63)36(60)30(20-55)72-47/h9,22,25-48,54-55,57-67H,8,10-21,23H2,1-7H3/t25-,26?,27?,28-,29+,30+,31?,32?,33?,34+,35+,36+,37+,38-,39-,40+,41+,42+,43-,44+,45+,46-,47-,48-,50?,51?,52?,53?/m0/s1. The lowest BCUT2D eigenvalue weighted by molar-refractivity contribution is -0.388. The highest BCUT2D eigenvalue weighted by molar-refractivity contribution is 5.62. The van der Waals surface area contributed by atoms with Crippen LogP contribution >= 0.6 is 0 Å². The zero-order valence-electron chi connectivity index (χ0n) is 44.4. The fourth-order valence-corrected chi connectivity index (χ4v) is 15.7. The Morgan fingerprint density at radius 2 is 1.20 bits per heavy atom. The molecule has 22 nitrogen and oxygen atoms in total. The van der Waals surface area contributed by atoms with Gasteiger partial charge in [-0.05, 0) is 125 Å². The van der Waals surface area contributed by atoms with E-state index in [1.165, 1.54) is 13.2 Å². The molecule has 9 unspecified atom stereocenters. The molecular weight excluding hydrogens is 989 g/mol.